The molecule has 26 heavy (non-hydrogen) atoms. The Morgan fingerprint density at radius 1 is 1.27 bits per heavy atom. The Kier molecular flexibility index (Phi) is 6.88. The average Bonchev–Trinajstić information content (AvgIpc) is 2.63. The van der Waals surface area contributed by atoms with Crippen LogP contribution in [0.4, 0.5) is 10.1 Å². The van der Waals surface area contributed by atoms with Crippen molar-refractivity contribution in [3.8, 4) is 0 Å². The highest BCUT2D eigenvalue weighted by molar-refractivity contribution is 7.85. The Balaban J connectivity index is 2.09. The monoisotopic (exact) mass is 397 g/mol. The Morgan fingerprint density at radius 2 is 1.96 bits per heavy atom. The Hall–Kier alpha value is -2.25. The van der Waals surface area contributed by atoms with Crippen molar-refractivity contribution in [2.45, 2.75) is 24.8 Å². The maximum absolute atomic E-state index is 13.7. The summed E-state index contributed by atoms with van der Waals surface area (Å²) in [4.78, 5) is 24.8. The van der Waals surface area contributed by atoms with E-state index >= 15 is 0 Å². The lowest BCUT2D eigenvalue weighted by molar-refractivity contribution is -0.123. The molecule has 2 atom stereocenters. The van der Waals surface area contributed by atoms with Gasteiger partial charge in [-0.05, 0) is 37.3 Å². The molecule has 2 aromatic rings. The molecule has 0 aliphatic heterocycles. The van der Waals surface area contributed by atoms with Gasteiger partial charge in [0, 0.05) is 10.8 Å². The average molecular weight is 398 g/mol. The second-order valence-electron chi connectivity index (χ2n) is 5.29. The van der Waals surface area contributed by atoms with Crippen LogP contribution in [-0.4, -0.2) is 27.9 Å². The molecule has 2 rings (SSSR count). The maximum Gasteiger partial charge on any atom is 0.340 e. The molecule has 138 valence electrons. The van der Waals surface area contributed by atoms with Crippen molar-refractivity contribution in [1.82, 2.24) is 0 Å². The third kappa shape index (κ3) is 4.89. The van der Waals surface area contributed by atoms with Gasteiger partial charge in [0.2, 0.25) is 0 Å². The number of hydrogen-bond donors (Lipinski definition) is 1. The molecule has 0 aliphatic rings. The molecule has 0 radical (unpaired) electrons. The summed E-state index contributed by atoms with van der Waals surface area (Å²) in [5.74, 6) is -1.83. The normalized spacial score (nSPS) is 12.9. The first-order valence-electron chi connectivity index (χ1n) is 7.77. The molecule has 0 aromatic heterocycles. The predicted octanol–water partition coefficient (Wildman–Crippen LogP) is 3.79. The van der Waals surface area contributed by atoms with Gasteiger partial charge in [0.1, 0.15) is 5.82 Å². The van der Waals surface area contributed by atoms with Crippen molar-refractivity contribution in [2.75, 3.05) is 11.1 Å². The lowest BCUT2D eigenvalue weighted by Crippen LogP contribution is -2.30. The molecular formula is C18H17ClFNO4S. The van der Waals surface area contributed by atoms with Crippen molar-refractivity contribution >= 4 is 40.0 Å². The van der Waals surface area contributed by atoms with E-state index in [0.29, 0.717) is 10.6 Å². The van der Waals surface area contributed by atoms with Crippen molar-refractivity contribution in [3.63, 3.8) is 0 Å². The third-order valence-electron chi connectivity index (χ3n) is 3.46. The summed E-state index contributed by atoms with van der Waals surface area (Å²) in [5.41, 5.74) is 0.0554. The van der Waals surface area contributed by atoms with E-state index in [2.05, 4.69) is 5.32 Å². The van der Waals surface area contributed by atoms with Gasteiger partial charge in [0.05, 0.1) is 26.9 Å². The summed E-state index contributed by atoms with van der Waals surface area (Å²) in [6.45, 7) is 3.09. The minimum absolute atomic E-state index is 0.0743. The molecule has 8 heteroatoms. The number of nitrogens with one attached hydrogen (secondary N) is 1. The second kappa shape index (κ2) is 8.91. The van der Waals surface area contributed by atoms with E-state index in [0.717, 1.165) is 6.07 Å². The van der Waals surface area contributed by atoms with Gasteiger partial charge in [-0.25, -0.2) is 9.18 Å². The number of carbonyl (C=O) groups excluding carboxylic acids is 2. The zero-order chi connectivity index (χ0) is 19.3. The number of benzene rings is 2. The number of halogens is 2. The van der Waals surface area contributed by atoms with Crippen LogP contribution in [0.3, 0.4) is 0 Å². The van der Waals surface area contributed by atoms with Gasteiger partial charge in [-0.2, -0.15) is 0 Å². The molecule has 0 fully saturated rings. The number of amides is 1. The first-order valence-corrected chi connectivity index (χ1v) is 9.47. The van der Waals surface area contributed by atoms with E-state index in [9.17, 15) is 18.2 Å². The fourth-order valence-corrected chi connectivity index (χ4v) is 3.19. The zero-order valence-electron chi connectivity index (χ0n) is 14.1. The molecule has 0 saturated carbocycles. The van der Waals surface area contributed by atoms with E-state index < -0.39 is 34.6 Å². The fraction of sp³-hybridized carbons (Fsp3) is 0.222. The quantitative estimate of drug-likeness (QED) is 0.753. The summed E-state index contributed by atoms with van der Waals surface area (Å²) in [7, 11) is -1.35. The van der Waals surface area contributed by atoms with E-state index in [1.165, 1.54) is 25.1 Å². The molecule has 0 spiro atoms. The van der Waals surface area contributed by atoms with Crippen LogP contribution in [0.25, 0.3) is 0 Å². The summed E-state index contributed by atoms with van der Waals surface area (Å²) < 4.78 is 30.9. The molecule has 0 aliphatic carbocycles. The Bertz CT molecular complexity index is 859. The van der Waals surface area contributed by atoms with Crippen LogP contribution >= 0.6 is 11.6 Å². The number of esters is 1. The zero-order valence-corrected chi connectivity index (χ0v) is 15.7. The number of carbonyl (C=O) groups is 2. The SMILES string of the molecule is CCS(=O)c1ccccc1C(=O)OC(C)C(=O)Nc1ccc(Cl)cc1F. The smallest absolute Gasteiger partial charge is 0.340 e. The number of rotatable bonds is 6. The number of hydrogen-bond acceptors (Lipinski definition) is 4. The largest absolute Gasteiger partial charge is 0.449 e. The van der Waals surface area contributed by atoms with E-state index in [-0.39, 0.29) is 16.3 Å². The van der Waals surface area contributed by atoms with Crippen LogP contribution < -0.4 is 5.32 Å². The molecular weight excluding hydrogens is 381 g/mol. The topological polar surface area (TPSA) is 72.5 Å². The highest BCUT2D eigenvalue weighted by Crippen LogP contribution is 2.20. The molecule has 2 aromatic carbocycles. The second-order valence-corrected chi connectivity index (χ2v) is 7.44. The predicted molar refractivity (Wildman–Crippen MR) is 98.3 cm³/mol. The van der Waals surface area contributed by atoms with Gasteiger partial charge in [0.25, 0.3) is 5.91 Å². The third-order valence-corrected chi connectivity index (χ3v) is 5.06. The highest BCUT2D eigenvalue weighted by Gasteiger charge is 2.22. The van der Waals surface area contributed by atoms with Crippen molar-refractivity contribution in [1.29, 1.82) is 0 Å². The van der Waals surface area contributed by atoms with Crippen molar-refractivity contribution in [2.24, 2.45) is 0 Å². The van der Waals surface area contributed by atoms with Gasteiger partial charge in [-0.15, -0.1) is 0 Å². The highest BCUT2D eigenvalue weighted by atomic mass is 35.5. The lowest BCUT2D eigenvalue weighted by Gasteiger charge is -2.15. The van der Waals surface area contributed by atoms with Crippen molar-refractivity contribution in [3.05, 3.63) is 58.9 Å². The van der Waals surface area contributed by atoms with E-state index in [1.807, 2.05) is 0 Å². The molecule has 1 N–H and O–H groups in total. The Morgan fingerprint density at radius 3 is 2.62 bits per heavy atom. The summed E-state index contributed by atoms with van der Waals surface area (Å²) >= 11 is 5.66. The first kappa shape index (κ1) is 20.1. The molecule has 0 bridgehead atoms. The Labute approximate surface area is 158 Å². The fourth-order valence-electron chi connectivity index (χ4n) is 2.09. The molecule has 2 unspecified atom stereocenters. The molecule has 0 saturated heterocycles. The lowest BCUT2D eigenvalue weighted by atomic mass is 10.2. The van der Waals surface area contributed by atoms with Gasteiger partial charge in [0.15, 0.2) is 6.10 Å². The van der Waals surface area contributed by atoms with Crippen LogP contribution in [0.15, 0.2) is 47.4 Å². The van der Waals surface area contributed by atoms with E-state index in [1.54, 1.807) is 25.1 Å². The summed E-state index contributed by atoms with van der Waals surface area (Å²) in [6, 6.07) is 10.1. The van der Waals surface area contributed by atoms with Crippen LogP contribution in [0.5, 0.6) is 0 Å². The molecule has 5 nitrogen and oxygen atoms in total. The van der Waals surface area contributed by atoms with Crippen LogP contribution in [0.2, 0.25) is 5.02 Å². The first-order chi connectivity index (χ1) is 12.3. The number of anilines is 1. The summed E-state index contributed by atoms with van der Waals surface area (Å²) in [5, 5.41) is 2.53. The minimum atomic E-state index is -1.35. The molecule has 1 amide bonds. The molecule has 0 heterocycles. The van der Waals surface area contributed by atoms with E-state index in [4.69, 9.17) is 16.3 Å². The maximum atomic E-state index is 13.7. The van der Waals surface area contributed by atoms with Crippen molar-refractivity contribution < 1.29 is 22.9 Å². The summed E-state index contributed by atoms with van der Waals surface area (Å²) in [6.07, 6.45) is -1.18. The van der Waals surface area contributed by atoms with Gasteiger partial charge >= 0.3 is 5.97 Å². The van der Waals surface area contributed by atoms with Crippen LogP contribution in [0.1, 0.15) is 24.2 Å². The van der Waals surface area contributed by atoms with Gasteiger partial charge in [-0.3, -0.25) is 9.00 Å². The standard InChI is InChI=1S/C18H17ClFNO4S/c1-3-26(24)16-7-5-4-6-13(16)18(23)25-11(2)17(22)21-15-9-8-12(19)10-14(15)20/h4-11H,3H2,1-2H3,(H,21,22). The van der Waals surface area contributed by atoms with Gasteiger partial charge < -0.3 is 10.1 Å². The van der Waals surface area contributed by atoms with Crippen LogP contribution in [-0.2, 0) is 20.3 Å². The van der Waals surface area contributed by atoms with Gasteiger partial charge in [-0.1, -0.05) is 30.7 Å². The van der Waals surface area contributed by atoms with Crippen LogP contribution in [0, 0.1) is 5.82 Å². The number of ether oxygens (including phenoxy) is 1. The minimum Gasteiger partial charge on any atom is -0.449 e.